The van der Waals surface area contributed by atoms with Gasteiger partial charge in [0.25, 0.3) is 5.91 Å². The van der Waals surface area contributed by atoms with Crippen molar-refractivity contribution >= 4 is 28.1 Å². The zero-order valence-electron chi connectivity index (χ0n) is 12.2. The van der Waals surface area contributed by atoms with Gasteiger partial charge in [0, 0.05) is 11.3 Å². The lowest BCUT2D eigenvalue weighted by Crippen LogP contribution is -2.13. The zero-order valence-corrected chi connectivity index (χ0v) is 12.2. The molecule has 3 N–H and O–H groups in total. The Kier molecular flexibility index (Phi) is 3.66. The maximum absolute atomic E-state index is 12.6. The Morgan fingerprint density at radius 3 is 2.64 bits per heavy atom. The highest BCUT2D eigenvalue weighted by Crippen LogP contribution is 2.28. The molecule has 0 aliphatic rings. The monoisotopic (exact) mass is 292 g/mol. The van der Waals surface area contributed by atoms with E-state index >= 15 is 0 Å². The number of hydrogen-bond acceptors (Lipinski definition) is 3. The average Bonchev–Trinajstić information content (AvgIpc) is 2.54. The second-order valence-electron chi connectivity index (χ2n) is 4.94. The SMILES string of the molecule is COc1ccc(N)cc1NC(=O)c1cccc2ccccc12. The van der Waals surface area contributed by atoms with Gasteiger partial charge in [0.2, 0.25) is 0 Å². The smallest absolute Gasteiger partial charge is 0.256 e. The van der Waals surface area contributed by atoms with Gasteiger partial charge in [-0.25, -0.2) is 0 Å². The lowest BCUT2D eigenvalue weighted by Gasteiger charge is -2.12. The maximum atomic E-state index is 12.6. The quantitative estimate of drug-likeness (QED) is 0.724. The highest BCUT2D eigenvalue weighted by molar-refractivity contribution is 6.13. The largest absolute Gasteiger partial charge is 0.495 e. The molecule has 3 aromatic rings. The van der Waals surface area contributed by atoms with Gasteiger partial charge in [-0.3, -0.25) is 4.79 Å². The summed E-state index contributed by atoms with van der Waals surface area (Å²) in [7, 11) is 1.55. The molecule has 4 nitrogen and oxygen atoms in total. The van der Waals surface area contributed by atoms with Crippen LogP contribution in [0, 0.1) is 0 Å². The van der Waals surface area contributed by atoms with Gasteiger partial charge in [-0.15, -0.1) is 0 Å². The number of benzene rings is 3. The maximum Gasteiger partial charge on any atom is 0.256 e. The molecule has 22 heavy (non-hydrogen) atoms. The number of fused-ring (bicyclic) bond motifs is 1. The minimum absolute atomic E-state index is 0.194. The Morgan fingerprint density at radius 1 is 1.05 bits per heavy atom. The van der Waals surface area contributed by atoms with Crippen LogP contribution in [0.5, 0.6) is 5.75 Å². The predicted octanol–water partition coefficient (Wildman–Crippen LogP) is 3.68. The van der Waals surface area contributed by atoms with Crippen molar-refractivity contribution in [1.29, 1.82) is 0 Å². The Hall–Kier alpha value is -3.01. The summed E-state index contributed by atoms with van der Waals surface area (Å²) in [6.07, 6.45) is 0. The van der Waals surface area contributed by atoms with Crippen molar-refractivity contribution < 1.29 is 9.53 Å². The van der Waals surface area contributed by atoms with Crippen LogP contribution >= 0.6 is 0 Å². The third-order valence-corrected chi connectivity index (χ3v) is 3.51. The predicted molar refractivity (Wildman–Crippen MR) is 89.3 cm³/mol. The van der Waals surface area contributed by atoms with Gasteiger partial charge in [-0.1, -0.05) is 36.4 Å². The number of carbonyl (C=O) groups excluding carboxylic acids is 1. The summed E-state index contributed by atoms with van der Waals surface area (Å²) in [4.78, 5) is 12.6. The fourth-order valence-corrected chi connectivity index (χ4v) is 2.44. The summed E-state index contributed by atoms with van der Waals surface area (Å²) in [5.74, 6) is 0.378. The van der Waals surface area contributed by atoms with E-state index in [1.165, 1.54) is 0 Å². The summed E-state index contributed by atoms with van der Waals surface area (Å²) in [6.45, 7) is 0. The number of methoxy groups -OCH3 is 1. The molecule has 0 aliphatic heterocycles. The molecule has 0 aliphatic carbocycles. The van der Waals surface area contributed by atoms with Gasteiger partial charge in [0.15, 0.2) is 0 Å². The van der Waals surface area contributed by atoms with E-state index in [0.717, 1.165) is 10.8 Å². The van der Waals surface area contributed by atoms with Crippen LogP contribution in [0.15, 0.2) is 60.7 Å². The third-order valence-electron chi connectivity index (χ3n) is 3.51. The van der Waals surface area contributed by atoms with Crippen molar-refractivity contribution in [2.45, 2.75) is 0 Å². The van der Waals surface area contributed by atoms with Crippen LogP contribution in [0.25, 0.3) is 10.8 Å². The fraction of sp³-hybridized carbons (Fsp3) is 0.0556. The summed E-state index contributed by atoms with van der Waals surface area (Å²) in [6, 6.07) is 18.6. The third kappa shape index (κ3) is 2.59. The van der Waals surface area contributed by atoms with Gasteiger partial charge in [-0.05, 0) is 35.0 Å². The first-order valence-corrected chi connectivity index (χ1v) is 6.91. The molecule has 0 heterocycles. The Bertz CT molecular complexity index is 838. The van der Waals surface area contributed by atoms with Crippen molar-refractivity contribution in [2.24, 2.45) is 0 Å². The first kappa shape index (κ1) is 13.9. The van der Waals surface area contributed by atoms with Crippen molar-refractivity contribution in [2.75, 3.05) is 18.2 Å². The summed E-state index contributed by atoms with van der Waals surface area (Å²) in [5.41, 5.74) is 7.51. The van der Waals surface area contributed by atoms with E-state index < -0.39 is 0 Å². The molecule has 110 valence electrons. The topological polar surface area (TPSA) is 64.3 Å². The normalized spacial score (nSPS) is 10.4. The van der Waals surface area contributed by atoms with Crippen LogP contribution in [0.4, 0.5) is 11.4 Å². The van der Waals surface area contributed by atoms with Gasteiger partial charge >= 0.3 is 0 Å². The number of hydrogen-bond donors (Lipinski definition) is 2. The molecule has 4 heteroatoms. The number of nitrogens with one attached hydrogen (secondary N) is 1. The van der Waals surface area contributed by atoms with Crippen LogP contribution in [0.2, 0.25) is 0 Å². The van der Waals surface area contributed by atoms with Gasteiger partial charge in [-0.2, -0.15) is 0 Å². The van der Waals surface area contributed by atoms with Gasteiger partial charge in [0.05, 0.1) is 12.8 Å². The number of rotatable bonds is 3. The second-order valence-corrected chi connectivity index (χ2v) is 4.94. The molecule has 0 fully saturated rings. The lowest BCUT2D eigenvalue weighted by atomic mass is 10.0. The van der Waals surface area contributed by atoms with Crippen LogP contribution < -0.4 is 15.8 Å². The number of carbonyl (C=O) groups is 1. The van der Waals surface area contributed by atoms with Crippen LogP contribution in [-0.4, -0.2) is 13.0 Å². The number of anilines is 2. The Morgan fingerprint density at radius 2 is 1.82 bits per heavy atom. The van der Waals surface area contributed by atoms with E-state index in [1.54, 1.807) is 31.4 Å². The molecular formula is C18H16N2O2. The molecule has 0 spiro atoms. The first-order valence-electron chi connectivity index (χ1n) is 6.91. The number of ether oxygens (including phenoxy) is 1. The molecule has 3 aromatic carbocycles. The number of nitrogen functional groups attached to an aromatic ring is 1. The molecule has 3 rings (SSSR count). The van der Waals surface area contributed by atoms with Gasteiger partial charge in [0.1, 0.15) is 5.75 Å². The molecule has 0 atom stereocenters. The molecule has 0 saturated heterocycles. The summed E-state index contributed by atoms with van der Waals surface area (Å²) < 4.78 is 5.25. The highest BCUT2D eigenvalue weighted by Gasteiger charge is 2.12. The molecule has 0 aromatic heterocycles. The molecule has 1 amide bonds. The average molecular weight is 292 g/mol. The van der Waals surface area contributed by atoms with Crippen molar-refractivity contribution in [3.05, 3.63) is 66.2 Å². The minimum atomic E-state index is -0.194. The molecule has 0 saturated carbocycles. The van der Waals surface area contributed by atoms with E-state index in [0.29, 0.717) is 22.7 Å². The van der Waals surface area contributed by atoms with Crippen molar-refractivity contribution in [3.63, 3.8) is 0 Å². The van der Waals surface area contributed by atoms with E-state index in [2.05, 4.69) is 5.32 Å². The first-order chi connectivity index (χ1) is 10.7. The van der Waals surface area contributed by atoms with E-state index in [9.17, 15) is 4.79 Å². The minimum Gasteiger partial charge on any atom is -0.495 e. The number of nitrogens with two attached hydrogens (primary N) is 1. The van der Waals surface area contributed by atoms with Crippen molar-refractivity contribution in [1.82, 2.24) is 0 Å². The fourth-order valence-electron chi connectivity index (χ4n) is 2.44. The second kappa shape index (κ2) is 5.77. The lowest BCUT2D eigenvalue weighted by molar-refractivity contribution is 0.102. The molecule has 0 radical (unpaired) electrons. The Balaban J connectivity index is 1.99. The molecular weight excluding hydrogens is 276 g/mol. The molecule has 0 unspecified atom stereocenters. The highest BCUT2D eigenvalue weighted by atomic mass is 16.5. The van der Waals surface area contributed by atoms with E-state index in [4.69, 9.17) is 10.5 Å². The summed E-state index contributed by atoms with van der Waals surface area (Å²) in [5, 5.41) is 4.80. The summed E-state index contributed by atoms with van der Waals surface area (Å²) >= 11 is 0. The van der Waals surface area contributed by atoms with Crippen LogP contribution in [-0.2, 0) is 0 Å². The standard InChI is InChI=1S/C18H16N2O2/c1-22-17-10-9-13(19)11-16(17)20-18(21)15-8-4-6-12-5-2-3-7-14(12)15/h2-11H,19H2,1H3,(H,20,21). The van der Waals surface area contributed by atoms with Crippen LogP contribution in [0.3, 0.4) is 0 Å². The Labute approximate surface area is 128 Å². The van der Waals surface area contributed by atoms with Gasteiger partial charge < -0.3 is 15.8 Å². The van der Waals surface area contributed by atoms with E-state index in [1.807, 2.05) is 36.4 Å². The van der Waals surface area contributed by atoms with Crippen molar-refractivity contribution in [3.8, 4) is 5.75 Å². The van der Waals surface area contributed by atoms with Crippen LogP contribution in [0.1, 0.15) is 10.4 Å². The molecule has 0 bridgehead atoms. The van der Waals surface area contributed by atoms with E-state index in [-0.39, 0.29) is 5.91 Å². The zero-order chi connectivity index (χ0) is 15.5. The number of amides is 1.